The molecular weight excluding hydrogens is 648 g/mol. The van der Waals surface area contributed by atoms with Gasteiger partial charge in [0, 0.05) is 31.7 Å². The van der Waals surface area contributed by atoms with Gasteiger partial charge in [0.1, 0.15) is 0 Å². The molecule has 47 heavy (non-hydrogen) atoms. The summed E-state index contributed by atoms with van der Waals surface area (Å²) in [6.07, 6.45) is 0. The Hall–Kier alpha value is -3.86. The van der Waals surface area contributed by atoms with Crippen molar-refractivity contribution in [2.45, 2.75) is 19.5 Å². The van der Waals surface area contributed by atoms with Crippen molar-refractivity contribution in [2.75, 3.05) is 0 Å². The van der Waals surface area contributed by atoms with E-state index < -0.39 is 16.0 Å². The molecule has 0 bridgehead atoms. The summed E-state index contributed by atoms with van der Waals surface area (Å²) in [6, 6.07) is 72.4. The zero-order valence-electron chi connectivity index (χ0n) is 26.5. The molecule has 0 saturated heterocycles. The van der Waals surface area contributed by atoms with Crippen molar-refractivity contribution in [1.82, 2.24) is 4.67 Å². The van der Waals surface area contributed by atoms with Gasteiger partial charge >= 0.3 is 0 Å². The van der Waals surface area contributed by atoms with Crippen LogP contribution in [0.15, 0.2) is 200 Å². The van der Waals surface area contributed by atoms with Crippen molar-refractivity contribution in [2.24, 2.45) is 0 Å². The molecule has 0 aliphatic heterocycles. The second kappa shape index (κ2) is 17.9. The average Bonchev–Trinajstić information content (AvgIpc) is 3.87. The van der Waals surface area contributed by atoms with Crippen LogP contribution in [0.25, 0.3) is 0 Å². The molecule has 0 aliphatic rings. The first-order valence-corrected chi connectivity index (χ1v) is 18.5. The summed E-state index contributed by atoms with van der Waals surface area (Å²) in [4.78, 5) is 0. The molecule has 1 atom stereocenters. The van der Waals surface area contributed by atoms with Gasteiger partial charge in [-0.3, -0.25) is 4.67 Å². The van der Waals surface area contributed by atoms with Crippen molar-refractivity contribution < 1.29 is 17.1 Å². The summed E-state index contributed by atoms with van der Waals surface area (Å²) in [6.45, 7) is 3.28. The van der Waals surface area contributed by atoms with E-state index in [0.717, 1.165) is 6.54 Å². The van der Waals surface area contributed by atoms with Crippen molar-refractivity contribution in [1.29, 1.82) is 0 Å². The number of rotatable bonds is 10. The van der Waals surface area contributed by atoms with Crippen molar-refractivity contribution >= 4 is 42.5 Å². The predicted octanol–water partition coefficient (Wildman–Crippen LogP) is 9.18. The van der Waals surface area contributed by atoms with Gasteiger partial charge in [0.2, 0.25) is 0 Å². The van der Waals surface area contributed by atoms with Gasteiger partial charge in [0.15, 0.2) is 0 Å². The molecule has 7 aromatic rings. The van der Waals surface area contributed by atoms with Crippen LogP contribution in [0, 0.1) is 0 Å². The zero-order chi connectivity index (χ0) is 31.4. The zero-order valence-corrected chi connectivity index (χ0v) is 29.4. The van der Waals surface area contributed by atoms with Crippen LogP contribution in [-0.4, -0.2) is 4.67 Å². The molecule has 1 nitrogen and oxygen atoms in total. The number of hydrogen-bond acceptors (Lipinski definition) is 1. The molecule has 0 amide bonds. The van der Waals surface area contributed by atoms with Crippen LogP contribution in [0.2, 0.25) is 0 Å². The van der Waals surface area contributed by atoms with E-state index in [1.807, 2.05) is 30.3 Å². The van der Waals surface area contributed by atoms with Gasteiger partial charge in [-0.25, -0.2) is 12.1 Å². The molecule has 1 unspecified atom stereocenters. The molecule has 7 rings (SSSR count). The Morgan fingerprint density at radius 1 is 0.511 bits per heavy atom. The molecule has 0 heterocycles. The third-order valence-corrected chi connectivity index (χ3v) is 13.1. The fourth-order valence-electron chi connectivity index (χ4n) is 5.78. The van der Waals surface area contributed by atoms with Crippen molar-refractivity contribution in [3.8, 4) is 0 Å². The number of nitrogens with zero attached hydrogens (tertiary/aromatic N) is 1. The average molecular weight is 688 g/mol. The molecule has 0 fully saturated rings. The van der Waals surface area contributed by atoms with Crippen molar-refractivity contribution in [3.05, 3.63) is 211 Å². The van der Waals surface area contributed by atoms with Crippen molar-refractivity contribution in [3.63, 3.8) is 0 Å². The number of hydrogen-bond donors (Lipinski definition) is 0. The van der Waals surface area contributed by atoms with Crippen LogP contribution in [0.1, 0.15) is 24.1 Å². The molecule has 4 heteroatoms. The second-order valence-electron chi connectivity index (χ2n) is 11.1. The molecular formula is C43H39FeNP2-6. The van der Waals surface area contributed by atoms with Crippen LogP contribution in [0.4, 0.5) is 0 Å². The molecule has 0 radical (unpaired) electrons. The maximum atomic E-state index is 2.75. The molecule has 0 aliphatic carbocycles. The van der Waals surface area contributed by atoms with E-state index in [9.17, 15) is 0 Å². The Morgan fingerprint density at radius 2 is 0.894 bits per heavy atom. The standard InChI is InChI=1S/C38H34NP2.C5H5.Fe/c1-31(37-28-17-29-38(37)40(33-20-9-3-10-21-33)34-22-11-4-12-23-34)39(30-32-18-7-2-8-19-32)41(35-24-13-5-14-25-35)36-26-15-6-16-27-36;1-2-4-5-3-1;/h2-29,31H,30H2,1H3;1-5H;/q-1;-5;. The van der Waals surface area contributed by atoms with Gasteiger partial charge in [0.25, 0.3) is 0 Å². The first kappa shape index (κ1) is 34.5. The minimum atomic E-state index is -0.782. The first-order valence-electron chi connectivity index (χ1n) is 15.8. The molecule has 0 N–H and O–H groups in total. The van der Waals surface area contributed by atoms with Crippen LogP contribution < -0.4 is 26.5 Å². The van der Waals surface area contributed by atoms with E-state index in [0.29, 0.717) is 0 Å². The topological polar surface area (TPSA) is 3.24 Å². The summed E-state index contributed by atoms with van der Waals surface area (Å²) >= 11 is 0. The van der Waals surface area contributed by atoms with Gasteiger partial charge in [-0.1, -0.05) is 159 Å². The molecule has 0 saturated carbocycles. The molecule has 7 aromatic carbocycles. The van der Waals surface area contributed by atoms with Crippen LogP contribution in [0.3, 0.4) is 0 Å². The third kappa shape index (κ3) is 8.94. The summed E-state index contributed by atoms with van der Waals surface area (Å²) in [7, 11) is -1.48. The predicted molar refractivity (Wildman–Crippen MR) is 202 cm³/mol. The van der Waals surface area contributed by atoms with E-state index in [-0.39, 0.29) is 23.1 Å². The van der Waals surface area contributed by atoms with Gasteiger partial charge < -0.3 is 30.3 Å². The maximum absolute atomic E-state index is 2.75. The Labute approximate surface area is 293 Å². The van der Waals surface area contributed by atoms with Crippen LogP contribution >= 0.6 is 16.0 Å². The minimum Gasteiger partial charge on any atom is -0.748 e. The van der Waals surface area contributed by atoms with Gasteiger partial charge in [-0.2, -0.15) is 6.07 Å². The Kier molecular flexibility index (Phi) is 13.1. The Morgan fingerprint density at radius 3 is 1.32 bits per heavy atom. The fraction of sp³-hybridized carbons (Fsp3) is 0.0698. The quantitative estimate of drug-likeness (QED) is 0.0788. The Balaban J connectivity index is 0.000000662. The number of benzene rings is 5. The Bertz CT molecular complexity index is 1730. The third-order valence-electron chi connectivity index (χ3n) is 7.99. The summed E-state index contributed by atoms with van der Waals surface area (Å²) < 4.78 is 2.75. The summed E-state index contributed by atoms with van der Waals surface area (Å²) in [5.41, 5.74) is 2.75. The first-order chi connectivity index (χ1) is 22.8. The van der Waals surface area contributed by atoms with Gasteiger partial charge in [0.05, 0.1) is 0 Å². The second-order valence-corrected chi connectivity index (χ2v) is 15.4. The van der Waals surface area contributed by atoms with Gasteiger partial charge in [-0.15, -0.1) is 10.9 Å². The van der Waals surface area contributed by atoms with E-state index in [4.69, 9.17) is 0 Å². The SMILES string of the molecule is CC([c-]1cccc1P(c1ccccc1)c1ccccc1)N(Cc1ccccc1)P(c1ccccc1)c1ccccc1.[Fe].[cH-]1[cH-][cH-][cH-][cH-]1. The van der Waals surface area contributed by atoms with Crippen LogP contribution in [-0.2, 0) is 23.6 Å². The fourth-order valence-corrected chi connectivity index (χ4v) is 10.9. The monoisotopic (exact) mass is 687 g/mol. The maximum Gasteiger partial charge on any atom is 0.0280 e. The minimum absolute atomic E-state index is 0. The largest absolute Gasteiger partial charge is 0.748 e. The molecule has 0 spiro atoms. The summed E-state index contributed by atoms with van der Waals surface area (Å²) in [5, 5.41) is 6.96. The summed E-state index contributed by atoms with van der Waals surface area (Å²) in [5.74, 6) is 0. The molecule has 0 aromatic heterocycles. The van der Waals surface area contributed by atoms with E-state index in [2.05, 4.69) is 181 Å². The smallest absolute Gasteiger partial charge is 0.0280 e. The molecule has 240 valence electrons. The van der Waals surface area contributed by atoms with E-state index in [1.165, 1.54) is 37.6 Å². The normalized spacial score (nSPS) is 11.5. The van der Waals surface area contributed by atoms with E-state index >= 15 is 0 Å². The van der Waals surface area contributed by atoms with Gasteiger partial charge in [-0.05, 0) is 40.7 Å². The van der Waals surface area contributed by atoms with E-state index in [1.54, 1.807) is 0 Å². The van der Waals surface area contributed by atoms with Crippen LogP contribution in [0.5, 0.6) is 0 Å².